The van der Waals surface area contributed by atoms with Gasteiger partial charge in [-0.25, -0.2) is 4.79 Å². The van der Waals surface area contributed by atoms with Gasteiger partial charge < -0.3 is 14.2 Å². The van der Waals surface area contributed by atoms with Crippen LogP contribution in [0.4, 0.5) is 8.78 Å². The van der Waals surface area contributed by atoms with Crippen molar-refractivity contribution >= 4 is 17.7 Å². The van der Waals surface area contributed by atoms with Gasteiger partial charge in [0.15, 0.2) is 0 Å². The van der Waals surface area contributed by atoms with Gasteiger partial charge in [0.25, 0.3) is 5.76 Å². The third kappa shape index (κ3) is 4.86. The molecule has 2 aromatic rings. The number of methoxy groups -OCH3 is 2. The van der Waals surface area contributed by atoms with Crippen LogP contribution in [0.25, 0.3) is 0 Å². The molecule has 24 heavy (non-hydrogen) atoms. The van der Waals surface area contributed by atoms with Crippen LogP contribution in [0.15, 0.2) is 47.4 Å². The maximum Gasteiger partial charge on any atom is 0.337 e. The topological polar surface area (TPSA) is 44.8 Å². The predicted molar refractivity (Wildman–Crippen MR) is 87.0 cm³/mol. The number of ether oxygens (including phenoxy) is 3. The molecule has 0 aliphatic heterocycles. The summed E-state index contributed by atoms with van der Waals surface area (Å²) in [5.41, 5.74) is 1.21. The first-order valence-corrected chi connectivity index (χ1v) is 7.84. The zero-order valence-corrected chi connectivity index (χ0v) is 13.9. The van der Waals surface area contributed by atoms with Crippen LogP contribution in [0.2, 0.25) is 0 Å². The van der Waals surface area contributed by atoms with Gasteiger partial charge in [0, 0.05) is 0 Å². The number of carbonyl (C=O) groups excluding carboxylic acids is 1. The molecule has 128 valence electrons. The Morgan fingerprint density at radius 2 is 1.83 bits per heavy atom. The zero-order chi connectivity index (χ0) is 17.5. The number of benzene rings is 2. The molecule has 0 unspecified atom stereocenters. The van der Waals surface area contributed by atoms with E-state index in [1.54, 1.807) is 42.5 Å². The molecule has 0 heterocycles. The van der Waals surface area contributed by atoms with E-state index in [0.717, 1.165) is 5.56 Å². The average molecular weight is 354 g/mol. The van der Waals surface area contributed by atoms with Gasteiger partial charge in [-0.2, -0.15) is 8.78 Å². The van der Waals surface area contributed by atoms with Crippen LogP contribution in [0.1, 0.15) is 15.9 Å². The number of alkyl halides is 2. The molecule has 0 fully saturated rings. The summed E-state index contributed by atoms with van der Waals surface area (Å²) in [6.07, 6.45) is 0. The largest absolute Gasteiger partial charge is 0.496 e. The molecule has 0 N–H and O–H groups in total. The van der Waals surface area contributed by atoms with Gasteiger partial charge in [0.1, 0.15) is 18.1 Å². The van der Waals surface area contributed by atoms with Gasteiger partial charge in [-0.05, 0) is 42.0 Å². The van der Waals surface area contributed by atoms with E-state index < -0.39 is 11.7 Å². The summed E-state index contributed by atoms with van der Waals surface area (Å²) in [6, 6.07) is 11.5. The SMILES string of the molecule is COC(=O)c1ccc(OCc2ccc(SC(F)F)c(OC)c2)cc1. The number of hydrogen-bond acceptors (Lipinski definition) is 5. The van der Waals surface area contributed by atoms with Crippen LogP contribution in [0.3, 0.4) is 0 Å². The molecule has 2 aromatic carbocycles. The fraction of sp³-hybridized carbons (Fsp3) is 0.235. The van der Waals surface area contributed by atoms with E-state index in [1.165, 1.54) is 14.2 Å². The lowest BCUT2D eigenvalue weighted by molar-refractivity contribution is 0.0600. The molecule has 0 saturated heterocycles. The molecule has 7 heteroatoms. The monoisotopic (exact) mass is 354 g/mol. The Morgan fingerprint density at radius 1 is 1.12 bits per heavy atom. The highest BCUT2D eigenvalue weighted by atomic mass is 32.2. The van der Waals surface area contributed by atoms with Crippen LogP contribution in [-0.2, 0) is 11.3 Å². The van der Waals surface area contributed by atoms with Gasteiger partial charge in [0.2, 0.25) is 0 Å². The fourth-order valence-corrected chi connectivity index (χ4v) is 2.56. The van der Waals surface area contributed by atoms with Crippen molar-refractivity contribution in [1.82, 2.24) is 0 Å². The smallest absolute Gasteiger partial charge is 0.337 e. The molecular weight excluding hydrogens is 338 g/mol. The third-order valence-electron chi connectivity index (χ3n) is 3.13. The molecule has 0 atom stereocenters. The molecule has 0 aromatic heterocycles. The molecule has 2 rings (SSSR count). The minimum absolute atomic E-state index is 0.244. The zero-order valence-electron chi connectivity index (χ0n) is 13.1. The lowest BCUT2D eigenvalue weighted by Crippen LogP contribution is -2.01. The number of rotatable bonds is 7. The molecule has 0 amide bonds. The van der Waals surface area contributed by atoms with E-state index in [2.05, 4.69) is 4.74 Å². The first-order valence-electron chi connectivity index (χ1n) is 6.96. The minimum atomic E-state index is -2.51. The average Bonchev–Trinajstić information content (AvgIpc) is 2.60. The van der Waals surface area contributed by atoms with Crippen LogP contribution < -0.4 is 9.47 Å². The van der Waals surface area contributed by atoms with Crippen LogP contribution >= 0.6 is 11.8 Å². The van der Waals surface area contributed by atoms with E-state index in [0.29, 0.717) is 33.7 Å². The highest BCUT2D eigenvalue weighted by Gasteiger charge is 2.11. The summed E-state index contributed by atoms with van der Waals surface area (Å²) >= 11 is 0.436. The van der Waals surface area contributed by atoms with E-state index in [9.17, 15) is 13.6 Å². The predicted octanol–water partition coefficient (Wildman–Crippen LogP) is 4.38. The van der Waals surface area contributed by atoms with Crippen molar-refractivity contribution in [2.75, 3.05) is 14.2 Å². The second-order valence-corrected chi connectivity index (χ2v) is 5.70. The van der Waals surface area contributed by atoms with Gasteiger partial charge in [-0.1, -0.05) is 17.8 Å². The Labute approximate surface area is 142 Å². The van der Waals surface area contributed by atoms with Crippen molar-refractivity contribution in [2.24, 2.45) is 0 Å². The van der Waals surface area contributed by atoms with Crippen molar-refractivity contribution in [1.29, 1.82) is 0 Å². The van der Waals surface area contributed by atoms with Crippen LogP contribution in [-0.4, -0.2) is 25.9 Å². The molecule has 0 radical (unpaired) electrons. The maximum atomic E-state index is 12.5. The third-order valence-corrected chi connectivity index (χ3v) is 3.89. The number of thioether (sulfide) groups is 1. The van der Waals surface area contributed by atoms with Gasteiger partial charge >= 0.3 is 5.97 Å². The summed E-state index contributed by atoms with van der Waals surface area (Å²) in [4.78, 5) is 11.7. The first-order chi connectivity index (χ1) is 11.5. The number of carbonyl (C=O) groups is 1. The Kier molecular flexibility index (Phi) is 6.43. The molecule has 0 saturated carbocycles. The normalized spacial score (nSPS) is 10.5. The van der Waals surface area contributed by atoms with E-state index in [1.807, 2.05) is 0 Å². The summed E-state index contributed by atoms with van der Waals surface area (Å²) in [5.74, 6) is -1.97. The van der Waals surface area contributed by atoms with Crippen molar-refractivity contribution in [3.8, 4) is 11.5 Å². The Balaban J connectivity index is 2.02. The maximum absolute atomic E-state index is 12.5. The lowest BCUT2D eigenvalue weighted by atomic mass is 10.2. The summed E-state index contributed by atoms with van der Waals surface area (Å²) < 4.78 is 40.3. The highest BCUT2D eigenvalue weighted by Crippen LogP contribution is 2.34. The van der Waals surface area contributed by atoms with Crippen LogP contribution in [0.5, 0.6) is 11.5 Å². The lowest BCUT2D eigenvalue weighted by Gasteiger charge is -2.11. The second-order valence-electron chi connectivity index (χ2n) is 4.67. The number of hydrogen-bond donors (Lipinski definition) is 0. The quantitative estimate of drug-likeness (QED) is 0.545. The highest BCUT2D eigenvalue weighted by molar-refractivity contribution is 7.99. The summed E-state index contributed by atoms with van der Waals surface area (Å²) in [6.45, 7) is 0.244. The molecule has 0 spiro atoms. The standard InChI is InChI=1S/C17H16F2O4S/c1-21-14-9-11(3-8-15(14)24-17(18)19)10-23-13-6-4-12(5-7-13)16(20)22-2/h3-9,17H,10H2,1-2H3. The van der Waals surface area contributed by atoms with E-state index in [-0.39, 0.29) is 6.61 Å². The van der Waals surface area contributed by atoms with Crippen LogP contribution in [0, 0.1) is 0 Å². The minimum Gasteiger partial charge on any atom is -0.496 e. The van der Waals surface area contributed by atoms with Crippen molar-refractivity contribution in [2.45, 2.75) is 17.3 Å². The molecule has 0 aliphatic carbocycles. The molecule has 4 nitrogen and oxygen atoms in total. The van der Waals surface area contributed by atoms with E-state index in [4.69, 9.17) is 9.47 Å². The number of halogens is 2. The first kappa shape index (κ1) is 18.1. The van der Waals surface area contributed by atoms with Gasteiger partial charge in [0.05, 0.1) is 24.7 Å². The van der Waals surface area contributed by atoms with Gasteiger partial charge in [-0.3, -0.25) is 0 Å². The Bertz CT molecular complexity index is 689. The Hall–Kier alpha value is -2.28. The van der Waals surface area contributed by atoms with E-state index >= 15 is 0 Å². The Morgan fingerprint density at radius 3 is 2.42 bits per heavy atom. The van der Waals surface area contributed by atoms with Crippen molar-refractivity contribution in [3.63, 3.8) is 0 Å². The number of esters is 1. The summed E-state index contributed by atoms with van der Waals surface area (Å²) in [5, 5.41) is 0. The van der Waals surface area contributed by atoms with Crippen molar-refractivity contribution in [3.05, 3.63) is 53.6 Å². The van der Waals surface area contributed by atoms with Gasteiger partial charge in [-0.15, -0.1) is 0 Å². The molecular formula is C17H16F2O4S. The molecule has 0 aliphatic rings. The van der Waals surface area contributed by atoms with Crippen molar-refractivity contribution < 1.29 is 27.8 Å². The molecule has 0 bridgehead atoms. The summed E-state index contributed by atoms with van der Waals surface area (Å²) in [7, 11) is 2.75. The second kappa shape index (κ2) is 8.54. The fourth-order valence-electron chi connectivity index (χ4n) is 1.97.